The van der Waals surface area contributed by atoms with E-state index in [1.165, 1.54) is 5.56 Å². The van der Waals surface area contributed by atoms with Gasteiger partial charge in [0.05, 0.1) is 18.3 Å². The lowest BCUT2D eigenvalue weighted by Crippen LogP contribution is -2.65. The first-order chi connectivity index (χ1) is 11.7. The summed E-state index contributed by atoms with van der Waals surface area (Å²) in [5.74, 6) is 1.19. The molecule has 4 rings (SSSR count). The van der Waals surface area contributed by atoms with Crippen LogP contribution in [0.4, 0.5) is 0 Å². The Bertz CT molecular complexity index is 606. The highest BCUT2D eigenvalue weighted by Crippen LogP contribution is 2.41. The number of likely N-dealkylation sites (tertiary alicyclic amines) is 1. The molecule has 130 valence electrons. The molecular weight excluding hydrogens is 302 g/mol. The Labute approximate surface area is 143 Å². The summed E-state index contributed by atoms with van der Waals surface area (Å²) in [6, 6.07) is 4.43. The minimum absolute atomic E-state index is 0.00618. The molecule has 1 aromatic heterocycles. The summed E-state index contributed by atoms with van der Waals surface area (Å²) in [7, 11) is 0. The Morgan fingerprint density at radius 1 is 1.33 bits per heavy atom. The van der Waals surface area contributed by atoms with Gasteiger partial charge in [-0.3, -0.25) is 14.7 Å². The van der Waals surface area contributed by atoms with E-state index in [4.69, 9.17) is 0 Å². The average molecular weight is 329 g/mol. The summed E-state index contributed by atoms with van der Waals surface area (Å²) in [6.45, 7) is 5.08. The lowest BCUT2D eigenvalue weighted by molar-refractivity contribution is -0.155. The number of aliphatic hydroxyl groups excluding tert-OH is 1. The molecule has 3 fully saturated rings. The molecule has 3 aliphatic heterocycles. The van der Waals surface area contributed by atoms with Crippen molar-refractivity contribution in [3.8, 4) is 0 Å². The topological polar surface area (TPSA) is 56.7 Å². The van der Waals surface area contributed by atoms with E-state index in [1.54, 1.807) is 0 Å². The van der Waals surface area contributed by atoms with Gasteiger partial charge in [-0.2, -0.15) is 0 Å². The van der Waals surface area contributed by atoms with Gasteiger partial charge < -0.3 is 10.0 Å². The Hall–Kier alpha value is -1.46. The molecule has 5 nitrogen and oxygen atoms in total. The number of nitrogens with zero attached hydrogens (tertiary/aromatic N) is 3. The van der Waals surface area contributed by atoms with E-state index >= 15 is 0 Å². The Morgan fingerprint density at radius 2 is 2.17 bits per heavy atom. The molecule has 4 atom stereocenters. The van der Waals surface area contributed by atoms with Crippen molar-refractivity contribution in [1.29, 1.82) is 0 Å². The highest BCUT2D eigenvalue weighted by Gasteiger charge is 2.49. The van der Waals surface area contributed by atoms with Gasteiger partial charge in [-0.1, -0.05) is 6.07 Å². The van der Waals surface area contributed by atoms with Crippen LogP contribution in [-0.2, 0) is 11.3 Å². The van der Waals surface area contributed by atoms with E-state index in [-0.39, 0.29) is 18.6 Å². The molecule has 3 saturated heterocycles. The molecule has 0 aromatic carbocycles. The Balaban J connectivity index is 1.55. The van der Waals surface area contributed by atoms with Gasteiger partial charge in [-0.15, -0.1) is 0 Å². The summed E-state index contributed by atoms with van der Waals surface area (Å²) < 4.78 is 0. The third kappa shape index (κ3) is 2.74. The van der Waals surface area contributed by atoms with E-state index in [2.05, 4.69) is 27.8 Å². The van der Waals surface area contributed by atoms with Crippen molar-refractivity contribution >= 4 is 5.91 Å². The SMILES string of the molecule is Cc1cccnc1CN1C[C@H]2C[C@@H](C1)[C@H](CO)N1C(=O)CCC[C@@H]21. The molecule has 0 spiro atoms. The fourth-order valence-corrected chi connectivity index (χ4v) is 5.13. The van der Waals surface area contributed by atoms with Crippen LogP contribution in [0.25, 0.3) is 0 Å². The zero-order chi connectivity index (χ0) is 16.7. The summed E-state index contributed by atoms with van der Waals surface area (Å²) in [4.78, 5) is 21.5. The van der Waals surface area contributed by atoms with Gasteiger partial charge in [0, 0.05) is 38.3 Å². The molecule has 2 bridgehead atoms. The molecule has 24 heavy (non-hydrogen) atoms. The number of pyridine rings is 1. The maximum atomic E-state index is 12.4. The zero-order valence-corrected chi connectivity index (χ0v) is 14.4. The first kappa shape index (κ1) is 16.0. The lowest BCUT2D eigenvalue weighted by Gasteiger charge is -2.56. The minimum atomic E-state index is 0.00618. The van der Waals surface area contributed by atoms with Crippen molar-refractivity contribution in [2.75, 3.05) is 19.7 Å². The molecular formula is C19H27N3O2. The highest BCUT2D eigenvalue weighted by molar-refractivity contribution is 5.78. The molecule has 0 unspecified atom stereocenters. The highest BCUT2D eigenvalue weighted by atomic mass is 16.3. The molecule has 1 N–H and O–H groups in total. The van der Waals surface area contributed by atoms with Crippen LogP contribution in [0.1, 0.15) is 36.9 Å². The molecule has 4 heterocycles. The van der Waals surface area contributed by atoms with Gasteiger partial charge in [0.2, 0.25) is 5.91 Å². The fourth-order valence-electron chi connectivity index (χ4n) is 5.13. The summed E-state index contributed by atoms with van der Waals surface area (Å²) >= 11 is 0. The van der Waals surface area contributed by atoms with Gasteiger partial charge in [0.1, 0.15) is 0 Å². The largest absolute Gasteiger partial charge is 0.394 e. The van der Waals surface area contributed by atoms with Crippen molar-refractivity contribution in [3.05, 3.63) is 29.6 Å². The van der Waals surface area contributed by atoms with Crippen LogP contribution in [0.15, 0.2) is 18.3 Å². The van der Waals surface area contributed by atoms with Crippen LogP contribution < -0.4 is 0 Å². The van der Waals surface area contributed by atoms with E-state index in [0.717, 1.165) is 44.6 Å². The monoisotopic (exact) mass is 329 g/mol. The van der Waals surface area contributed by atoms with Crippen LogP contribution in [0.5, 0.6) is 0 Å². The molecule has 0 saturated carbocycles. The van der Waals surface area contributed by atoms with Crippen LogP contribution in [0.3, 0.4) is 0 Å². The number of aryl methyl sites for hydroxylation is 1. The predicted octanol–water partition coefficient (Wildman–Crippen LogP) is 1.58. The van der Waals surface area contributed by atoms with Crippen LogP contribution >= 0.6 is 0 Å². The third-order valence-electron chi connectivity index (χ3n) is 6.25. The van der Waals surface area contributed by atoms with Crippen LogP contribution in [-0.4, -0.2) is 57.6 Å². The number of carbonyl (C=O) groups excluding carboxylic acids is 1. The number of amides is 1. The third-order valence-corrected chi connectivity index (χ3v) is 6.25. The summed E-state index contributed by atoms with van der Waals surface area (Å²) in [6.07, 6.45) is 5.76. The molecule has 5 heteroatoms. The van der Waals surface area contributed by atoms with Crippen molar-refractivity contribution in [2.24, 2.45) is 11.8 Å². The second kappa shape index (κ2) is 6.45. The van der Waals surface area contributed by atoms with Crippen LogP contribution in [0, 0.1) is 18.8 Å². The van der Waals surface area contributed by atoms with Gasteiger partial charge in [0.15, 0.2) is 0 Å². The smallest absolute Gasteiger partial charge is 0.223 e. The predicted molar refractivity (Wildman–Crippen MR) is 91.2 cm³/mol. The van der Waals surface area contributed by atoms with Crippen molar-refractivity contribution < 1.29 is 9.90 Å². The van der Waals surface area contributed by atoms with Gasteiger partial charge in [-0.25, -0.2) is 0 Å². The first-order valence-electron chi connectivity index (χ1n) is 9.22. The van der Waals surface area contributed by atoms with E-state index < -0.39 is 0 Å². The van der Waals surface area contributed by atoms with Crippen molar-refractivity contribution in [1.82, 2.24) is 14.8 Å². The fraction of sp³-hybridized carbons (Fsp3) is 0.684. The zero-order valence-electron chi connectivity index (χ0n) is 14.4. The maximum absolute atomic E-state index is 12.4. The molecule has 0 aliphatic carbocycles. The lowest BCUT2D eigenvalue weighted by atomic mass is 9.72. The summed E-state index contributed by atoms with van der Waals surface area (Å²) in [5.41, 5.74) is 2.39. The summed E-state index contributed by atoms with van der Waals surface area (Å²) in [5, 5.41) is 9.95. The second-order valence-electron chi connectivity index (χ2n) is 7.73. The molecule has 1 amide bonds. The van der Waals surface area contributed by atoms with Crippen molar-refractivity contribution in [2.45, 2.75) is 51.2 Å². The molecule has 0 radical (unpaired) electrons. The number of aliphatic hydroxyl groups is 1. The van der Waals surface area contributed by atoms with Gasteiger partial charge in [0.25, 0.3) is 0 Å². The minimum Gasteiger partial charge on any atom is -0.394 e. The quantitative estimate of drug-likeness (QED) is 0.915. The van der Waals surface area contributed by atoms with Gasteiger partial charge in [-0.05, 0) is 49.7 Å². The Kier molecular flexibility index (Phi) is 4.31. The van der Waals surface area contributed by atoms with Gasteiger partial charge >= 0.3 is 0 Å². The second-order valence-corrected chi connectivity index (χ2v) is 7.73. The average Bonchev–Trinajstić information content (AvgIpc) is 2.58. The van der Waals surface area contributed by atoms with E-state index in [1.807, 2.05) is 12.3 Å². The first-order valence-corrected chi connectivity index (χ1v) is 9.22. The number of piperidine rings is 3. The number of fused-ring (bicyclic) bond motifs is 4. The molecule has 3 aliphatic rings. The van der Waals surface area contributed by atoms with E-state index in [9.17, 15) is 9.90 Å². The van der Waals surface area contributed by atoms with Crippen LogP contribution in [0.2, 0.25) is 0 Å². The van der Waals surface area contributed by atoms with E-state index in [0.29, 0.717) is 24.3 Å². The number of hydrogen-bond donors (Lipinski definition) is 1. The number of carbonyl (C=O) groups is 1. The molecule has 1 aromatic rings. The number of aromatic nitrogens is 1. The maximum Gasteiger partial charge on any atom is 0.223 e. The normalized spacial score (nSPS) is 33.4. The number of rotatable bonds is 3. The Morgan fingerprint density at radius 3 is 2.96 bits per heavy atom. The standard InChI is InChI=1S/C19H27N3O2/c1-13-4-3-7-20-16(13)11-21-9-14-8-15(10-21)18(12-23)22-17(14)5-2-6-19(22)24/h3-4,7,14-15,17-18,23H,2,5-6,8-12H2,1H3/t14-,15+,17+,18+/m1/s1. The van der Waals surface area contributed by atoms with Crippen molar-refractivity contribution in [3.63, 3.8) is 0 Å². The number of hydrogen-bond acceptors (Lipinski definition) is 4.